The molecule has 0 spiro atoms. The van der Waals surface area contributed by atoms with Crippen molar-refractivity contribution < 1.29 is 38.5 Å². The van der Waals surface area contributed by atoms with Gasteiger partial charge in [-0.15, -0.1) is 0 Å². The number of carbonyl (C=O) groups excluding carboxylic acids is 4. The van der Waals surface area contributed by atoms with Crippen LogP contribution in [0.4, 0.5) is 5.69 Å². The summed E-state index contributed by atoms with van der Waals surface area (Å²) in [7, 11) is 4.70. The molecule has 248 valence electrons. The Balaban J connectivity index is 1.22. The summed E-state index contributed by atoms with van der Waals surface area (Å²) in [6, 6.07) is 17.4. The van der Waals surface area contributed by atoms with Crippen molar-refractivity contribution in [3.8, 4) is 23.0 Å². The summed E-state index contributed by atoms with van der Waals surface area (Å²) < 4.78 is 16.4. The van der Waals surface area contributed by atoms with Gasteiger partial charge < -0.3 is 19.3 Å². The van der Waals surface area contributed by atoms with Gasteiger partial charge in [0.25, 0.3) is 0 Å². The number of hydrogen-bond acceptors (Lipinski definition) is 8. The lowest BCUT2D eigenvalue weighted by Crippen LogP contribution is -2.39. The van der Waals surface area contributed by atoms with E-state index in [1.165, 1.54) is 24.2 Å². The predicted molar refractivity (Wildman–Crippen MR) is 187 cm³/mol. The lowest BCUT2D eigenvalue weighted by molar-refractivity contribution is -0.123. The number of hydrogen-bond donors (Lipinski definition) is 1. The Hall–Kier alpha value is -5.22. The molecule has 0 unspecified atom stereocenters. The Labute approximate surface area is 291 Å². The molecule has 4 atom stereocenters. The van der Waals surface area contributed by atoms with Gasteiger partial charge in [-0.3, -0.25) is 24.1 Å². The molecule has 0 radical (unpaired) electrons. The van der Waals surface area contributed by atoms with Crippen LogP contribution >= 0.6 is 15.9 Å². The topological polar surface area (TPSA) is 119 Å². The average molecular weight is 723 g/mol. The van der Waals surface area contributed by atoms with Gasteiger partial charge in [0.2, 0.25) is 11.8 Å². The van der Waals surface area contributed by atoms with Crippen LogP contribution in [-0.2, 0) is 19.2 Å². The molecule has 0 bridgehead atoms. The summed E-state index contributed by atoms with van der Waals surface area (Å²) in [6.07, 6.45) is 7.39. The van der Waals surface area contributed by atoms with Crippen LogP contribution in [0.15, 0.2) is 94.0 Å². The second kappa shape index (κ2) is 12.7. The van der Waals surface area contributed by atoms with Crippen LogP contribution in [0.3, 0.4) is 0 Å². The lowest BCUT2D eigenvalue weighted by atomic mass is 9.59. The average Bonchev–Trinajstić information content (AvgIpc) is 3.38. The van der Waals surface area contributed by atoms with E-state index in [1.807, 2.05) is 48.6 Å². The Morgan fingerprint density at radius 1 is 0.837 bits per heavy atom. The van der Waals surface area contributed by atoms with Gasteiger partial charge in [-0.1, -0.05) is 35.9 Å². The third kappa shape index (κ3) is 5.40. The van der Waals surface area contributed by atoms with Gasteiger partial charge in [0.05, 0.1) is 43.3 Å². The van der Waals surface area contributed by atoms with Crippen LogP contribution in [0, 0.1) is 17.8 Å². The zero-order valence-corrected chi connectivity index (χ0v) is 28.5. The maximum absolute atomic E-state index is 14.3. The van der Waals surface area contributed by atoms with Crippen molar-refractivity contribution >= 4 is 57.2 Å². The number of carbonyl (C=O) groups is 4. The number of allylic oxidation sites excluding steroid dienone is 6. The molecule has 3 aliphatic carbocycles. The highest BCUT2D eigenvalue weighted by Gasteiger charge is 2.57. The number of Topliss-reactive ketones (excluding diaryl/α,β-unsaturated/α-hetero) is 1. The number of phenolic OH excluding ortho intramolecular Hbond substituents is 1. The number of nitrogens with zero attached hydrogens (tertiary/aromatic N) is 1. The molecule has 1 aliphatic heterocycles. The minimum Gasteiger partial charge on any atom is -0.508 e. The van der Waals surface area contributed by atoms with Crippen LogP contribution in [0.5, 0.6) is 23.0 Å². The first kappa shape index (κ1) is 32.3. The number of methoxy groups -OCH3 is 3. The summed E-state index contributed by atoms with van der Waals surface area (Å²) in [6.45, 7) is 0. The van der Waals surface area contributed by atoms with E-state index in [2.05, 4.69) is 15.9 Å². The zero-order valence-electron chi connectivity index (χ0n) is 26.9. The molecule has 1 N–H and O–H groups in total. The molecule has 7 rings (SSSR count). The van der Waals surface area contributed by atoms with E-state index in [1.54, 1.807) is 38.5 Å². The fraction of sp³-hybridized carbons (Fsp3) is 0.231. The molecule has 10 heteroatoms. The molecule has 9 nitrogen and oxygen atoms in total. The number of benzene rings is 3. The van der Waals surface area contributed by atoms with Gasteiger partial charge in [0.15, 0.2) is 11.6 Å². The van der Waals surface area contributed by atoms with Crippen molar-refractivity contribution in [3.63, 3.8) is 0 Å². The number of amides is 2. The van der Waals surface area contributed by atoms with Gasteiger partial charge in [-0.2, -0.15) is 0 Å². The van der Waals surface area contributed by atoms with Crippen LogP contribution in [0.1, 0.15) is 35.4 Å². The lowest BCUT2D eigenvalue weighted by Gasteiger charge is -2.42. The van der Waals surface area contributed by atoms with E-state index in [0.29, 0.717) is 28.5 Å². The van der Waals surface area contributed by atoms with Gasteiger partial charge in [-0.05, 0) is 88.8 Å². The molecule has 0 aromatic heterocycles. The van der Waals surface area contributed by atoms with Crippen LogP contribution in [0.25, 0.3) is 12.2 Å². The SMILES string of the molecule is COc1ccc(OC)c(C=Cc2ccc(N3C(=O)[C@H]4[C@H](CC=C5[C@H](c6cc(OC)ccc6O)C6=C(C[C@H]54)C(=O)C(Br)=CC6=O)C3=O)cc2)c1. The van der Waals surface area contributed by atoms with Crippen LogP contribution < -0.4 is 19.1 Å². The first-order valence-corrected chi connectivity index (χ1v) is 16.6. The molecule has 1 heterocycles. The molecule has 1 saturated heterocycles. The molecule has 3 aromatic rings. The quantitative estimate of drug-likeness (QED) is 0.126. The largest absolute Gasteiger partial charge is 0.508 e. The van der Waals surface area contributed by atoms with Crippen molar-refractivity contribution in [1.82, 2.24) is 0 Å². The number of fused-ring (bicyclic) bond motifs is 3. The van der Waals surface area contributed by atoms with Crippen molar-refractivity contribution in [3.05, 3.63) is 111 Å². The van der Waals surface area contributed by atoms with E-state index in [0.717, 1.165) is 16.7 Å². The minimum atomic E-state index is -0.788. The number of phenols is 1. The standard InChI is InChI=1S/C39H32BrNO8/c1-47-23-11-15-33(49-3)21(16-23)7-4-20-5-8-22(9-6-20)41-38(45)26-13-12-25-27(35(26)39(41)46)18-29-36(32(43)19-30(40)37(29)44)34(25)28-17-24(48-2)10-14-31(28)42/h4-12,14-17,19,26-27,34-35,42H,13,18H2,1-3H3/t26-,27+,34+,35-/m0/s1. The van der Waals surface area contributed by atoms with Gasteiger partial charge in [0, 0.05) is 34.3 Å². The summed E-state index contributed by atoms with van der Waals surface area (Å²) in [5.74, 6) is -2.25. The molecule has 2 amide bonds. The number of anilines is 1. The van der Waals surface area contributed by atoms with Crippen molar-refractivity contribution in [2.24, 2.45) is 17.8 Å². The highest BCUT2D eigenvalue weighted by Crippen LogP contribution is 2.56. The third-order valence-corrected chi connectivity index (χ3v) is 10.5. The van der Waals surface area contributed by atoms with E-state index in [4.69, 9.17) is 14.2 Å². The highest BCUT2D eigenvalue weighted by molar-refractivity contribution is 9.12. The van der Waals surface area contributed by atoms with Crippen molar-refractivity contribution in [1.29, 1.82) is 0 Å². The third-order valence-electron chi connectivity index (χ3n) is 9.92. The Kier molecular flexibility index (Phi) is 8.36. The molecule has 49 heavy (non-hydrogen) atoms. The molecule has 1 fully saturated rings. The Bertz CT molecular complexity index is 2060. The monoisotopic (exact) mass is 721 g/mol. The van der Waals surface area contributed by atoms with Crippen LogP contribution in [-0.4, -0.2) is 49.8 Å². The fourth-order valence-electron chi connectivity index (χ4n) is 7.60. The fourth-order valence-corrected chi connectivity index (χ4v) is 8.04. The number of ether oxygens (including phenoxy) is 3. The second-order valence-electron chi connectivity index (χ2n) is 12.4. The highest BCUT2D eigenvalue weighted by atomic mass is 79.9. The second-order valence-corrected chi connectivity index (χ2v) is 13.2. The number of halogens is 1. The first-order chi connectivity index (χ1) is 23.6. The summed E-state index contributed by atoms with van der Waals surface area (Å²) in [4.78, 5) is 56.5. The molecular formula is C39H32BrNO8. The van der Waals surface area contributed by atoms with E-state index in [-0.39, 0.29) is 57.6 Å². The number of ketones is 2. The normalized spacial score (nSPS) is 23.2. The van der Waals surface area contributed by atoms with Gasteiger partial charge in [0.1, 0.15) is 23.0 Å². The smallest absolute Gasteiger partial charge is 0.238 e. The predicted octanol–water partition coefficient (Wildman–Crippen LogP) is 6.56. The molecular weight excluding hydrogens is 690 g/mol. The van der Waals surface area contributed by atoms with Gasteiger partial charge in [-0.25, -0.2) is 0 Å². The summed E-state index contributed by atoms with van der Waals surface area (Å²) in [5, 5.41) is 11.0. The van der Waals surface area contributed by atoms with Crippen molar-refractivity contribution in [2.45, 2.75) is 18.8 Å². The number of imide groups is 1. The van der Waals surface area contributed by atoms with Crippen LogP contribution in [0.2, 0.25) is 0 Å². The van der Waals surface area contributed by atoms with E-state index in [9.17, 15) is 24.3 Å². The Morgan fingerprint density at radius 3 is 2.27 bits per heavy atom. The molecule has 4 aliphatic rings. The molecule has 0 saturated carbocycles. The summed E-state index contributed by atoms with van der Waals surface area (Å²) in [5.41, 5.74) is 3.84. The number of rotatable bonds is 7. The summed E-state index contributed by atoms with van der Waals surface area (Å²) >= 11 is 3.25. The Morgan fingerprint density at radius 2 is 1.55 bits per heavy atom. The minimum absolute atomic E-state index is 0.0652. The number of aromatic hydroxyl groups is 1. The van der Waals surface area contributed by atoms with Crippen molar-refractivity contribution in [2.75, 3.05) is 26.2 Å². The first-order valence-electron chi connectivity index (χ1n) is 15.8. The maximum atomic E-state index is 14.3. The van der Waals surface area contributed by atoms with E-state index < -0.39 is 23.7 Å². The maximum Gasteiger partial charge on any atom is 0.238 e. The molecule has 3 aromatic carbocycles. The zero-order chi connectivity index (χ0) is 34.6. The van der Waals surface area contributed by atoms with E-state index >= 15 is 0 Å². The van der Waals surface area contributed by atoms with Gasteiger partial charge >= 0.3 is 0 Å².